The second-order valence-corrected chi connectivity index (χ2v) is 3.99. The van der Waals surface area contributed by atoms with Gasteiger partial charge in [-0.2, -0.15) is 0 Å². The SMILES string of the molecule is Cc1cc(NC(=O)C(N)CCC(=O)O)ccc1F. The van der Waals surface area contributed by atoms with Crippen LogP contribution >= 0.6 is 0 Å². The van der Waals surface area contributed by atoms with Crippen molar-refractivity contribution >= 4 is 17.6 Å². The summed E-state index contributed by atoms with van der Waals surface area (Å²) in [6, 6.07) is 3.25. The van der Waals surface area contributed by atoms with Crippen LogP contribution in [-0.2, 0) is 9.59 Å². The summed E-state index contributed by atoms with van der Waals surface area (Å²) in [5.74, 6) is -1.85. The molecule has 0 heterocycles. The predicted molar refractivity (Wildman–Crippen MR) is 64.6 cm³/mol. The highest BCUT2D eigenvalue weighted by molar-refractivity contribution is 5.94. The first-order valence-electron chi connectivity index (χ1n) is 5.44. The number of anilines is 1. The van der Waals surface area contributed by atoms with Crippen molar-refractivity contribution < 1.29 is 19.1 Å². The van der Waals surface area contributed by atoms with Crippen LogP contribution in [-0.4, -0.2) is 23.0 Å². The van der Waals surface area contributed by atoms with Crippen molar-refractivity contribution in [2.24, 2.45) is 5.73 Å². The Morgan fingerprint density at radius 1 is 1.50 bits per heavy atom. The molecule has 1 atom stereocenters. The van der Waals surface area contributed by atoms with Gasteiger partial charge in [-0.05, 0) is 37.1 Å². The normalized spacial score (nSPS) is 11.9. The quantitative estimate of drug-likeness (QED) is 0.737. The Bertz CT molecular complexity index is 463. The van der Waals surface area contributed by atoms with Crippen molar-refractivity contribution in [3.63, 3.8) is 0 Å². The van der Waals surface area contributed by atoms with Crippen LogP contribution in [0.15, 0.2) is 18.2 Å². The maximum Gasteiger partial charge on any atom is 0.303 e. The van der Waals surface area contributed by atoms with Crippen molar-refractivity contribution in [1.82, 2.24) is 0 Å². The van der Waals surface area contributed by atoms with Gasteiger partial charge in [-0.25, -0.2) is 4.39 Å². The number of nitrogens with two attached hydrogens (primary N) is 1. The van der Waals surface area contributed by atoms with Crippen molar-refractivity contribution in [2.45, 2.75) is 25.8 Å². The van der Waals surface area contributed by atoms with Gasteiger partial charge in [0.25, 0.3) is 0 Å². The van der Waals surface area contributed by atoms with Crippen molar-refractivity contribution in [1.29, 1.82) is 0 Å². The largest absolute Gasteiger partial charge is 0.481 e. The molecule has 4 N–H and O–H groups in total. The number of aryl methyl sites for hydroxylation is 1. The molecule has 0 fully saturated rings. The summed E-state index contributed by atoms with van der Waals surface area (Å²) in [7, 11) is 0. The molecule has 0 bridgehead atoms. The van der Waals surface area contributed by atoms with E-state index in [0.717, 1.165) is 0 Å². The second-order valence-electron chi connectivity index (χ2n) is 3.99. The van der Waals surface area contributed by atoms with Crippen LogP contribution < -0.4 is 11.1 Å². The molecule has 98 valence electrons. The third-order valence-electron chi connectivity index (χ3n) is 2.43. The number of aliphatic carboxylic acids is 1. The van der Waals surface area contributed by atoms with Gasteiger partial charge >= 0.3 is 5.97 Å². The lowest BCUT2D eigenvalue weighted by Crippen LogP contribution is -2.36. The third-order valence-corrected chi connectivity index (χ3v) is 2.43. The topological polar surface area (TPSA) is 92.4 Å². The minimum absolute atomic E-state index is 0.0569. The molecule has 1 aromatic carbocycles. The van der Waals surface area contributed by atoms with Crippen molar-refractivity contribution in [3.8, 4) is 0 Å². The predicted octanol–water partition coefficient (Wildman–Crippen LogP) is 1.26. The van der Waals surface area contributed by atoms with E-state index in [2.05, 4.69) is 5.32 Å². The van der Waals surface area contributed by atoms with Crippen LogP contribution in [0.4, 0.5) is 10.1 Å². The average Bonchev–Trinajstić information content (AvgIpc) is 2.30. The number of benzene rings is 1. The monoisotopic (exact) mass is 254 g/mol. The Morgan fingerprint density at radius 2 is 2.17 bits per heavy atom. The summed E-state index contributed by atoms with van der Waals surface area (Å²) >= 11 is 0. The number of halogens is 1. The van der Waals surface area contributed by atoms with Crippen LogP contribution in [0.1, 0.15) is 18.4 Å². The molecule has 0 aliphatic carbocycles. The van der Waals surface area contributed by atoms with E-state index in [9.17, 15) is 14.0 Å². The Balaban J connectivity index is 2.58. The summed E-state index contributed by atoms with van der Waals surface area (Å²) < 4.78 is 13.0. The third kappa shape index (κ3) is 4.14. The summed E-state index contributed by atoms with van der Waals surface area (Å²) in [6.07, 6.45) is -0.113. The van der Waals surface area contributed by atoms with E-state index in [1.807, 2.05) is 0 Å². The van der Waals surface area contributed by atoms with Crippen LogP contribution in [0.2, 0.25) is 0 Å². The molecule has 18 heavy (non-hydrogen) atoms. The molecule has 1 rings (SSSR count). The highest BCUT2D eigenvalue weighted by atomic mass is 19.1. The van der Waals surface area contributed by atoms with E-state index in [1.165, 1.54) is 18.2 Å². The fourth-order valence-electron chi connectivity index (χ4n) is 1.37. The van der Waals surface area contributed by atoms with E-state index >= 15 is 0 Å². The van der Waals surface area contributed by atoms with Crippen LogP contribution in [0.25, 0.3) is 0 Å². The average molecular weight is 254 g/mol. The maximum absolute atomic E-state index is 13.0. The molecule has 0 saturated heterocycles. The standard InChI is InChI=1S/C12H15FN2O3/c1-7-6-8(2-3-9(7)13)15-12(18)10(14)4-5-11(16)17/h2-3,6,10H,4-5,14H2,1H3,(H,15,18)(H,16,17). The molecule has 0 aliphatic heterocycles. The molecular formula is C12H15FN2O3. The zero-order valence-electron chi connectivity index (χ0n) is 9.94. The van der Waals surface area contributed by atoms with E-state index in [-0.39, 0.29) is 18.7 Å². The van der Waals surface area contributed by atoms with E-state index in [1.54, 1.807) is 6.92 Å². The van der Waals surface area contributed by atoms with Gasteiger partial charge in [-0.15, -0.1) is 0 Å². The van der Waals surface area contributed by atoms with Crippen molar-refractivity contribution in [2.75, 3.05) is 5.32 Å². The van der Waals surface area contributed by atoms with Gasteiger partial charge in [-0.1, -0.05) is 0 Å². The Kier molecular flexibility index (Phi) is 4.79. The number of carboxylic acid groups (broad SMARTS) is 1. The second kappa shape index (κ2) is 6.11. The fraction of sp³-hybridized carbons (Fsp3) is 0.333. The molecule has 1 amide bonds. The number of hydrogen-bond acceptors (Lipinski definition) is 3. The number of rotatable bonds is 5. The molecule has 5 nitrogen and oxygen atoms in total. The van der Waals surface area contributed by atoms with Gasteiger partial charge in [0.2, 0.25) is 5.91 Å². The Hall–Kier alpha value is -1.95. The summed E-state index contributed by atoms with van der Waals surface area (Å²) in [4.78, 5) is 21.9. The first kappa shape index (κ1) is 14.1. The molecular weight excluding hydrogens is 239 g/mol. The van der Waals surface area contributed by atoms with Gasteiger partial charge in [0.15, 0.2) is 0 Å². The van der Waals surface area contributed by atoms with Gasteiger partial charge < -0.3 is 16.2 Å². The molecule has 0 aliphatic rings. The van der Waals surface area contributed by atoms with Gasteiger partial charge in [-0.3, -0.25) is 9.59 Å². The summed E-state index contributed by atoms with van der Waals surface area (Å²) in [5.41, 5.74) is 6.38. The Morgan fingerprint density at radius 3 is 2.72 bits per heavy atom. The van der Waals surface area contributed by atoms with Crippen molar-refractivity contribution in [3.05, 3.63) is 29.6 Å². The zero-order valence-corrected chi connectivity index (χ0v) is 9.94. The molecule has 6 heteroatoms. The van der Waals surface area contributed by atoms with Gasteiger partial charge in [0.05, 0.1) is 6.04 Å². The minimum Gasteiger partial charge on any atom is -0.481 e. The molecule has 0 radical (unpaired) electrons. The number of amides is 1. The van der Waals surface area contributed by atoms with E-state index < -0.39 is 17.9 Å². The number of nitrogens with one attached hydrogen (secondary N) is 1. The highest BCUT2D eigenvalue weighted by Gasteiger charge is 2.15. The first-order chi connectivity index (χ1) is 8.40. The lowest BCUT2D eigenvalue weighted by atomic mass is 10.1. The van der Waals surface area contributed by atoms with E-state index in [4.69, 9.17) is 10.8 Å². The van der Waals surface area contributed by atoms with Gasteiger partial charge in [0, 0.05) is 12.1 Å². The number of carboxylic acids is 1. The maximum atomic E-state index is 13.0. The first-order valence-corrected chi connectivity index (χ1v) is 5.44. The zero-order chi connectivity index (χ0) is 13.7. The highest BCUT2D eigenvalue weighted by Crippen LogP contribution is 2.14. The van der Waals surface area contributed by atoms with Crippen LogP contribution in [0.3, 0.4) is 0 Å². The van der Waals surface area contributed by atoms with Crippen LogP contribution in [0.5, 0.6) is 0 Å². The van der Waals surface area contributed by atoms with Crippen LogP contribution in [0, 0.1) is 12.7 Å². The number of hydrogen-bond donors (Lipinski definition) is 3. The molecule has 0 aromatic heterocycles. The minimum atomic E-state index is -1.00. The molecule has 1 unspecified atom stereocenters. The van der Waals surface area contributed by atoms with Gasteiger partial charge in [0.1, 0.15) is 5.82 Å². The Labute approximate surface area is 104 Å². The summed E-state index contributed by atoms with van der Waals surface area (Å²) in [5, 5.41) is 11.0. The lowest BCUT2D eigenvalue weighted by molar-refractivity contribution is -0.137. The smallest absolute Gasteiger partial charge is 0.303 e. The molecule has 0 spiro atoms. The number of carbonyl (C=O) groups is 2. The summed E-state index contributed by atoms with van der Waals surface area (Å²) in [6.45, 7) is 1.58. The lowest BCUT2D eigenvalue weighted by Gasteiger charge is -2.11. The molecule has 0 saturated carbocycles. The fourth-order valence-corrected chi connectivity index (χ4v) is 1.37. The number of carbonyl (C=O) groups excluding carboxylic acids is 1. The molecule has 1 aromatic rings. The van der Waals surface area contributed by atoms with E-state index in [0.29, 0.717) is 11.3 Å².